The second-order valence-electron chi connectivity index (χ2n) is 7.64. The number of pyridine rings is 1. The van der Waals surface area contributed by atoms with Gasteiger partial charge in [-0.1, -0.05) is 6.07 Å². The van der Waals surface area contributed by atoms with Crippen LogP contribution < -0.4 is 4.90 Å². The molecule has 3 aromatic heterocycles. The normalized spacial score (nSPS) is 14.6. The number of hydroxylamine groups is 2. The number of rotatable bonds is 5. The van der Waals surface area contributed by atoms with Gasteiger partial charge in [-0.3, -0.25) is 19.7 Å². The monoisotopic (exact) mass is 425 g/mol. The second-order valence-corrected chi connectivity index (χ2v) is 7.64. The zero-order chi connectivity index (χ0) is 22.0. The third-order valence-electron chi connectivity index (χ3n) is 5.50. The van der Waals surface area contributed by atoms with Gasteiger partial charge in [0.05, 0.1) is 30.3 Å². The summed E-state index contributed by atoms with van der Waals surface area (Å²) < 4.78 is 16.0. The van der Waals surface area contributed by atoms with E-state index in [0.717, 1.165) is 10.6 Å². The van der Waals surface area contributed by atoms with Gasteiger partial charge in [0, 0.05) is 32.3 Å². The van der Waals surface area contributed by atoms with Gasteiger partial charge in [-0.05, 0) is 37.5 Å². The lowest BCUT2D eigenvalue weighted by atomic mass is 9.96. The summed E-state index contributed by atoms with van der Waals surface area (Å²) in [4.78, 5) is 27.3. The molecule has 162 valence electrons. The van der Waals surface area contributed by atoms with Gasteiger partial charge in [0.2, 0.25) is 11.9 Å². The highest BCUT2D eigenvalue weighted by Gasteiger charge is 2.30. The summed E-state index contributed by atoms with van der Waals surface area (Å²) in [6, 6.07) is 5.34. The third-order valence-corrected chi connectivity index (χ3v) is 5.50. The molecule has 1 amide bonds. The Morgan fingerprint density at radius 1 is 1.26 bits per heavy atom. The minimum Gasteiger partial charge on any atom is -0.341 e. The number of amides is 1. The number of nitrogens with zero attached hydrogens (tertiary/aromatic N) is 7. The number of aromatic nitrogens is 5. The molecular weight excluding hydrogens is 401 g/mol. The van der Waals surface area contributed by atoms with Gasteiger partial charge < -0.3 is 4.90 Å². The summed E-state index contributed by atoms with van der Waals surface area (Å²) in [5, 5.41) is 15.1. The van der Waals surface area contributed by atoms with E-state index in [1.54, 1.807) is 36.3 Å². The number of anilines is 1. The quantitative estimate of drug-likeness (QED) is 0.495. The van der Waals surface area contributed by atoms with E-state index in [2.05, 4.69) is 20.1 Å². The lowest BCUT2D eigenvalue weighted by Gasteiger charge is -2.32. The molecule has 1 aliphatic rings. The minimum atomic E-state index is -0.508. The molecule has 3 aromatic rings. The highest BCUT2D eigenvalue weighted by atomic mass is 19.1. The number of carbonyl (C=O) groups is 1. The average Bonchev–Trinajstić information content (AvgIpc) is 3.12. The molecule has 0 saturated carbocycles. The topological polar surface area (TPSA) is 100 Å². The Kier molecular flexibility index (Phi) is 5.90. The molecule has 9 nitrogen and oxygen atoms in total. The van der Waals surface area contributed by atoms with Crippen LogP contribution in [-0.2, 0) is 18.4 Å². The van der Waals surface area contributed by atoms with Crippen LogP contribution in [0.15, 0.2) is 36.8 Å². The van der Waals surface area contributed by atoms with Crippen LogP contribution in [0.1, 0.15) is 24.1 Å². The lowest BCUT2D eigenvalue weighted by Crippen LogP contribution is -2.42. The van der Waals surface area contributed by atoms with E-state index in [1.807, 2.05) is 17.9 Å². The van der Waals surface area contributed by atoms with E-state index in [4.69, 9.17) is 0 Å². The summed E-state index contributed by atoms with van der Waals surface area (Å²) in [5.74, 6) is -0.719. The fraction of sp³-hybridized carbons (Fsp3) is 0.381. The Morgan fingerprint density at radius 2 is 2.03 bits per heavy atom. The Bertz CT molecular complexity index is 1050. The maximum atomic E-state index is 14.4. The molecular formula is C21H24FN7O2. The van der Waals surface area contributed by atoms with E-state index in [0.29, 0.717) is 43.3 Å². The number of hydrogen-bond donors (Lipinski definition) is 1. The van der Waals surface area contributed by atoms with Crippen molar-refractivity contribution in [2.24, 2.45) is 13.0 Å². The van der Waals surface area contributed by atoms with Gasteiger partial charge in [-0.2, -0.15) is 5.10 Å². The minimum absolute atomic E-state index is 0.0500. The predicted octanol–water partition coefficient (Wildman–Crippen LogP) is 2.35. The van der Waals surface area contributed by atoms with E-state index in [1.165, 1.54) is 6.20 Å². The highest BCUT2D eigenvalue weighted by molar-refractivity contribution is 5.78. The van der Waals surface area contributed by atoms with Crippen molar-refractivity contribution in [2.45, 2.75) is 26.3 Å². The van der Waals surface area contributed by atoms with Gasteiger partial charge >= 0.3 is 0 Å². The molecule has 1 saturated heterocycles. The Balaban J connectivity index is 1.42. The van der Waals surface area contributed by atoms with Crippen molar-refractivity contribution in [1.82, 2.24) is 29.8 Å². The van der Waals surface area contributed by atoms with Gasteiger partial charge in [0.25, 0.3) is 0 Å². The molecule has 0 atom stereocenters. The van der Waals surface area contributed by atoms with Crippen molar-refractivity contribution in [3.8, 4) is 11.4 Å². The predicted molar refractivity (Wildman–Crippen MR) is 110 cm³/mol. The third kappa shape index (κ3) is 4.38. The molecule has 0 unspecified atom stereocenters. The van der Waals surface area contributed by atoms with Crippen LogP contribution in [-0.4, -0.2) is 54.0 Å². The molecule has 1 fully saturated rings. The smallest absolute Gasteiger partial charge is 0.249 e. The van der Waals surface area contributed by atoms with Crippen LogP contribution in [0.5, 0.6) is 0 Å². The fourth-order valence-electron chi connectivity index (χ4n) is 3.82. The molecule has 10 heteroatoms. The summed E-state index contributed by atoms with van der Waals surface area (Å²) in [6.45, 7) is 2.97. The first kappa shape index (κ1) is 20.9. The largest absolute Gasteiger partial charge is 0.341 e. The first-order valence-corrected chi connectivity index (χ1v) is 10.1. The molecule has 4 rings (SSSR count). The van der Waals surface area contributed by atoms with Gasteiger partial charge in [-0.25, -0.2) is 19.4 Å². The molecule has 0 aliphatic carbocycles. The number of aryl methyl sites for hydroxylation is 2. The van der Waals surface area contributed by atoms with Crippen molar-refractivity contribution < 1.29 is 14.4 Å². The summed E-state index contributed by atoms with van der Waals surface area (Å²) in [5.41, 5.74) is 2.26. The maximum Gasteiger partial charge on any atom is 0.249 e. The molecule has 1 aliphatic heterocycles. The molecule has 1 N–H and O–H groups in total. The summed E-state index contributed by atoms with van der Waals surface area (Å²) >= 11 is 0. The first-order valence-electron chi connectivity index (χ1n) is 10.1. The van der Waals surface area contributed by atoms with E-state index >= 15 is 0 Å². The van der Waals surface area contributed by atoms with Crippen LogP contribution in [0.3, 0.4) is 0 Å². The molecule has 31 heavy (non-hydrogen) atoms. The maximum absolute atomic E-state index is 14.4. The van der Waals surface area contributed by atoms with E-state index in [9.17, 15) is 14.4 Å². The van der Waals surface area contributed by atoms with Crippen molar-refractivity contribution in [3.05, 3.63) is 53.9 Å². The number of piperidine rings is 1. The van der Waals surface area contributed by atoms with Crippen LogP contribution in [0.25, 0.3) is 11.4 Å². The molecule has 0 aromatic carbocycles. The standard InChI is InChI=1S/C21H24FN7O2/c1-14-11-25-27(2)19(14)18-17(22)12-24-21(26-18)28-9-6-15(7-10-28)20(30)29(31)13-16-5-3-4-8-23-16/h3-5,8,11-12,15,31H,6-7,9-10,13H2,1-2H3. The van der Waals surface area contributed by atoms with Gasteiger partial charge in [-0.15, -0.1) is 0 Å². The van der Waals surface area contributed by atoms with E-state index in [-0.39, 0.29) is 24.1 Å². The first-order chi connectivity index (χ1) is 14.9. The Labute approximate surface area is 179 Å². The fourth-order valence-corrected chi connectivity index (χ4v) is 3.82. The molecule has 4 heterocycles. The van der Waals surface area contributed by atoms with Crippen molar-refractivity contribution in [1.29, 1.82) is 0 Å². The SMILES string of the molecule is Cc1cnn(C)c1-c1nc(N2CCC(C(=O)N(O)Cc3ccccn3)CC2)ncc1F. The van der Waals surface area contributed by atoms with E-state index < -0.39 is 5.82 Å². The van der Waals surface area contributed by atoms with Crippen LogP contribution >= 0.6 is 0 Å². The number of carbonyl (C=O) groups excluding carboxylic acids is 1. The van der Waals surface area contributed by atoms with Crippen molar-refractivity contribution in [2.75, 3.05) is 18.0 Å². The van der Waals surface area contributed by atoms with Gasteiger partial charge in [0.1, 0.15) is 5.69 Å². The van der Waals surface area contributed by atoms with Crippen LogP contribution in [0.2, 0.25) is 0 Å². The highest BCUT2D eigenvalue weighted by Crippen LogP contribution is 2.27. The van der Waals surface area contributed by atoms with Gasteiger partial charge in [0.15, 0.2) is 5.82 Å². The second kappa shape index (κ2) is 8.76. The lowest BCUT2D eigenvalue weighted by molar-refractivity contribution is -0.173. The average molecular weight is 425 g/mol. The molecule has 0 radical (unpaired) electrons. The van der Waals surface area contributed by atoms with Crippen LogP contribution in [0.4, 0.5) is 10.3 Å². The molecule has 0 spiro atoms. The Morgan fingerprint density at radius 3 is 2.68 bits per heavy atom. The molecule has 0 bridgehead atoms. The summed E-state index contributed by atoms with van der Waals surface area (Å²) in [6.07, 6.45) is 5.54. The Hall–Kier alpha value is -3.40. The van der Waals surface area contributed by atoms with Crippen molar-refractivity contribution >= 4 is 11.9 Å². The zero-order valence-electron chi connectivity index (χ0n) is 17.4. The summed E-state index contributed by atoms with van der Waals surface area (Å²) in [7, 11) is 1.74. The van der Waals surface area contributed by atoms with Crippen LogP contribution in [0, 0.1) is 18.7 Å². The number of halogens is 1. The number of hydrogen-bond acceptors (Lipinski definition) is 7. The zero-order valence-corrected chi connectivity index (χ0v) is 17.4. The van der Waals surface area contributed by atoms with Crippen molar-refractivity contribution in [3.63, 3.8) is 0 Å².